The smallest absolute Gasteiger partial charge is 0.336 e. The lowest BCUT2D eigenvalue weighted by Gasteiger charge is -2.34. The molecule has 2 N–H and O–H groups in total. The third kappa shape index (κ3) is 5.53. The van der Waals surface area contributed by atoms with Crippen LogP contribution in [0, 0.1) is 5.82 Å². The van der Waals surface area contributed by atoms with E-state index in [2.05, 4.69) is 10.6 Å². The number of halogens is 4. The fourth-order valence-corrected chi connectivity index (χ4v) is 5.14. The van der Waals surface area contributed by atoms with Crippen LogP contribution in [-0.2, 0) is 16.2 Å². The molecule has 0 spiro atoms. The van der Waals surface area contributed by atoms with E-state index in [4.69, 9.17) is 0 Å². The van der Waals surface area contributed by atoms with Gasteiger partial charge in [-0.1, -0.05) is 24.6 Å². The Labute approximate surface area is 177 Å². The van der Waals surface area contributed by atoms with Crippen LogP contribution >= 0.6 is 0 Å². The Hall–Kier alpha value is -2.66. The Morgan fingerprint density at radius 1 is 1.10 bits per heavy atom. The van der Waals surface area contributed by atoms with Gasteiger partial charge < -0.3 is 10.6 Å². The second-order valence-electron chi connectivity index (χ2n) is 7.11. The van der Waals surface area contributed by atoms with Crippen molar-refractivity contribution < 1.29 is 30.8 Å². The molecule has 2 amide bonds. The molecule has 31 heavy (non-hydrogen) atoms. The minimum absolute atomic E-state index is 0.0226. The van der Waals surface area contributed by atoms with Gasteiger partial charge in [-0.3, -0.25) is 0 Å². The second-order valence-corrected chi connectivity index (χ2v) is 9.00. The van der Waals surface area contributed by atoms with E-state index >= 15 is 0 Å². The number of urea groups is 1. The molecule has 2 aromatic carbocycles. The van der Waals surface area contributed by atoms with E-state index in [1.54, 1.807) is 30.3 Å². The summed E-state index contributed by atoms with van der Waals surface area (Å²) in [6.45, 7) is 0.0684. The molecular weight excluding hydrogens is 438 g/mol. The van der Waals surface area contributed by atoms with E-state index in [0.717, 1.165) is 10.4 Å². The number of carbonyl (C=O) groups is 1. The van der Waals surface area contributed by atoms with Crippen LogP contribution in [0.5, 0.6) is 0 Å². The van der Waals surface area contributed by atoms with Gasteiger partial charge in [0.1, 0.15) is 5.82 Å². The van der Waals surface area contributed by atoms with E-state index in [9.17, 15) is 30.8 Å². The van der Waals surface area contributed by atoms with Gasteiger partial charge in [-0.25, -0.2) is 17.6 Å². The molecule has 1 unspecified atom stereocenters. The van der Waals surface area contributed by atoms with E-state index < -0.39 is 44.5 Å². The van der Waals surface area contributed by atoms with Crippen LogP contribution in [0.1, 0.15) is 24.8 Å². The zero-order valence-electron chi connectivity index (χ0n) is 16.3. The largest absolute Gasteiger partial charge is 0.419 e. The van der Waals surface area contributed by atoms with Crippen LogP contribution in [-0.4, -0.2) is 37.9 Å². The van der Waals surface area contributed by atoms with E-state index in [1.807, 2.05) is 0 Å². The minimum Gasteiger partial charge on any atom is -0.336 e. The van der Waals surface area contributed by atoms with Crippen molar-refractivity contribution in [2.75, 3.05) is 18.4 Å². The van der Waals surface area contributed by atoms with Crippen molar-refractivity contribution in [2.45, 2.75) is 36.4 Å². The summed E-state index contributed by atoms with van der Waals surface area (Å²) in [7, 11) is -4.32. The van der Waals surface area contributed by atoms with Gasteiger partial charge in [-0.05, 0) is 43.2 Å². The Balaban J connectivity index is 1.75. The molecule has 11 heteroatoms. The van der Waals surface area contributed by atoms with E-state index in [0.29, 0.717) is 37.1 Å². The van der Waals surface area contributed by atoms with Crippen LogP contribution in [0.2, 0.25) is 0 Å². The molecule has 168 valence electrons. The maximum Gasteiger partial charge on any atom is 0.419 e. The lowest BCUT2D eigenvalue weighted by molar-refractivity contribution is -0.140. The molecule has 1 heterocycles. The normalized spacial score (nSPS) is 17.9. The van der Waals surface area contributed by atoms with Crippen molar-refractivity contribution in [1.29, 1.82) is 0 Å². The van der Waals surface area contributed by atoms with Crippen molar-refractivity contribution >= 4 is 21.7 Å². The van der Waals surface area contributed by atoms with Gasteiger partial charge in [0.05, 0.1) is 10.5 Å². The predicted molar refractivity (Wildman–Crippen MR) is 106 cm³/mol. The highest BCUT2D eigenvalue weighted by atomic mass is 32.2. The molecule has 2 aromatic rings. The van der Waals surface area contributed by atoms with Gasteiger partial charge in [0, 0.05) is 24.8 Å². The SMILES string of the molecule is O=C(NCC1CCCCN1S(=O)(=O)c1ccc(F)c(C(F)(F)F)c1)Nc1ccccc1. The molecule has 1 fully saturated rings. The molecule has 1 saturated heterocycles. The number of sulfonamides is 1. The lowest BCUT2D eigenvalue weighted by Crippen LogP contribution is -2.49. The quantitative estimate of drug-likeness (QED) is 0.658. The average Bonchev–Trinajstić information content (AvgIpc) is 2.72. The number of piperidine rings is 1. The number of hydrogen-bond donors (Lipinski definition) is 2. The van der Waals surface area contributed by atoms with Crippen LogP contribution < -0.4 is 10.6 Å². The second kappa shape index (κ2) is 9.23. The summed E-state index contributed by atoms with van der Waals surface area (Å²) in [4.78, 5) is 11.5. The van der Waals surface area contributed by atoms with Crippen LogP contribution in [0.3, 0.4) is 0 Å². The summed E-state index contributed by atoms with van der Waals surface area (Å²) in [6, 6.07) is 9.09. The van der Waals surface area contributed by atoms with Crippen molar-refractivity contribution in [1.82, 2.24) is 9.62 Å². The van der Waals surface area contributed by atoms with Crippen LogP contribution in [0.15, 0.2) is 53.4 Å². The highest BCUT2D eigenvalue weighted by molar-refractivity contribution is 7.89. The Morgan fingerprint density at radius 3 is 2.48 bits per heavy atom. The first-order valence-corrected chi connectivity index (χ1v) is 11.0. The molecule has 0 aromatic heterocycles. The molecule has 0 radical (unpaired) electrons. The maximum atomic E-state index is 13.6. The molecule has 1 atom stereocenters. The highest BCUT2D eigenvalue weighted by Crippen LogP contribution is 2.34. The standard InChI is InChI=1S/C20H21F4N3O3S/c21-18-10-9-16(12-17(18)20(22,23)24)31(29,30)27-11-5-4-8-15(27)13-25-19(28)26-14-6-2-1-3-7-14/h1-3,6-7,9-10,12,15H,4-5,8,11,13H2,(H2,25,26,28). The fraction of sp³-hybridized carbons (Fsp3) is 0.350. The average molecular weight is 459 g/mol. The molecule has 1 aliphatic rings. The number of alkyl halides is 3. The Kier molecular flexibility index (Phi) is 6.85. The lowest BCUT2D eigenvalue weighted by atomic mass is 10.1. The Morgan fingerprint density at radius 2 is 1.81 bits per heavy atom. The van der Waals surface area contributed by atoms with Gasteiger partial charge in [0.25, 0.3) is 0 Å². The number of benzene rings is 2. The minimum atomic E-state index is -5.02. The van der Waals surface area contributed by atoms with Gasteiger partial charge >= 0.3 is 12.2 Å². The van der Waals surface area contributed by atoms with Gasteiger partial charge in [-0.15, -0.1) is 0 Å². The molecular formula is C20H21F4N3O3S. The Bertz CT molecular complexity index is 1030. The highest BCUT2D eigenvalue weighted by Gasteiger charge is 2.38. The first-order chi connectivity index (χ1) is 14.6. The number of nitrogens with zero attached hydrogens (tertiary/aromatic N) is 1. The summed E-state index contributed by atoms with van der Waals surface area (Å²) in [5.74, 6) is -1.54. The van der Waals surface area contributed by atoms with E-state index in [1.165, 1.54) is 0 Å². The van der Waals surface area contributed by atoms with Gasteiger partial charge in [0.2, 0.25) is 10.0 Å². The summed E-state index contributed by atoms with van der Waals surface area (Å²) >= 11 is 0. The van der Waals surface area contributed by atoms with Crippen molar-refractivity contribution in [3.63, 3.8) is 0 Å². The van der Waals surface area contributed by atoms with Crippen LogP contribution in [0.25, 0.3) is 0 Å². The summed E-state index contributed by atoms with van der Waals surface area (Å²) in [5, 5.41) is 5.22. The molecule has 0 bridgehead atoms. The van der Waals surface area contributed by atoms with Crippen LogP contribution in [0.4, 0.5) is 28.0 Å². The number of anilines is 1. The number of nitrogens with one attached hydrogen (secondary N) is 2. The third-order valence-electron chi connectivity index (χ3n) is 4.95. The first-order valence-electron chi connectivity index (χ1n) is 9.57. The third-order valence-corrected chi connectivity index (χ3v) is 6.90. The monoisotopic (exact) mass is 459 g/mol. The molecule has 0 aliphatic carbocycles. The molecule has 6 nitrogen and oxygen atoms in total. The number of rotatable bonds is 5. The zero-order chi connectivity index (χ0) is 22.6. The molecule has 3 rings (SSSR count). The number of carbonyl (C=O) groups excluding carboxylic acids is 1. The van der Waals surface area contributed by atoms with Crippen molar-refractivity contribution in [3.05, 3.63) is 59.9 Å². The van der Waals surface area contributed by atoms with Gasteiger partial charge in [-0.2, -0.15) is 17.5 Å². The summed E-state index contributed by atoms with van der Waals surface area (Å²) in [6.07, 6.45) is -3.36. The van der Waals surface area contributed by atoms with E-state index in [-0.39, 0.29) is 13.1 Å². The molecule has 0 saturated carbocycles. The number of amides is 2. The zero-order valence-corrected chi connectivity index (χ0v) is 17.1. The van der Waals surface area contributed by atoms with Crippen molar-refractivity contribution in [2.24, 2.45) is 0 Å². The maximum absolute atomic E-state index is 13.6. The number of para-hydroxylation sites is 1. The predicted octanol–water partition coefficient (Wildman–Crippen LogP) is 4.21. The van der Waals surface area contributed by atoms with Gasteiger partial charge in [0.15, 0.2) is 0 Å². The summed E-state index contributed by atoms with van der Waals surface area (Å²) < 4.78 is 79.8. The summed E-state index contributed by atoms with van der Waals surface area (Å²) in [5.41, 5.74) is -1.08. The first kappa shape index (κ1) is 23.0. The fourth-order valence-electron chi connectivity index (χ4n) is 3.42. The molecule has 1 aliphatic heterocycles. The number of hydrogen-bond acceptors (Lipinski definition) is 3. The topological polar surface area (TPSA) is 78.5 Å². The van der Waals surface area contributed by atoms with Crippen molar-refractivity contribution in [3.8, 4) is 0 Å².